The average molecular weight is 323 g/mol. The van der Waals surface area contributed by atoms with Crippen molar-refractivity contribution in [3.05, 3.63) is 23.2 Å². The Labute approximate surface area is 131 Å². The smallest absolute Gasteiger partial charge is 0.234 e. The van der Waals surface area contributed by atoms with Crippen molar-refractivity contribution in [2.45, 2.75) is 6.04 Å². The Morgan fingerprint density at radius 2 is 2.24 bits per heavy atom. The monoisotopic (exact) mass is 322 g/mol. The van der Waals surface area contributed by atoms with E-state index in [4.69, 9.17) is 11.6 Å². The molecule has 1 aromatic carbocycles. The molecule has 0 saturated carbocycles. The van der Waals surface area contributed by atoms with Crippen LogP contribution in [0, 0.1) is 0 Å². The number of halogens is 1. The third-order valence-corrected chi connectivity index (χ3v) is 5.37. The van der Waals surface area contributed by atoms with Crippen LogP contribution in [0.15, 0.2) is 18.2 Å². The number of piperazine rings is 1. The van der Waals surface area contributed by atoms with E-state index in [0.717, 1.165) is 46.5 Å². The normalized spacial score (nSPS) is 20.6. The van der Waals surface area contributed by atoms with E-state index in [0.29, 0.717) is 12.6 Å². The molecular formula is C14H15ClN4OS. The Morgan fingerprint density at radius 3 is 3.05 bits per heavy atom. The van der Waals surface area contributed by atoms with Crippen LogP contribution in [0.4, 0.5) is 5.13 Å². The van der Waals surface area contributed by atoms with Crippen LogP contribution < -0.4 is 10.2 Å². The van der Waals surface area contributed by atoms with Crippen LogP contribution in [0.1, 0.15) is 0 Å². The first-order valence-corrected chi connectivity index (χ1v) is 8.20. The number of hydrogen-bond donors (Lipinski definition) is 1. The molecule has 7 heteroatoms. The van der Waals surface area contributed by atoms with Crippen molar-refractivity contribution in [3.8, 4) is 0 Å². The number of hydrogen-bond acceptors (Lipinski definition) is 5. The van der Waals surface area contributed by atoms with Crippen molar-refractivity contribution in [1.82, 2.24) is 15.2 Å². The summed E-state index contributed by atoms with van der Waals surface area (Å²) < 4.78 is 1.12. The van der Waals surface area contributed by atoms with E-state index in [9.17, 15) is 4.79 Å². The molecule has 21 heavy (non-hydrogen) atoms. The highest BCUT2D eigenvalue weighted by Crippen LogP contribution is 2.33. The molecule has 2 saturated heterocycles. The van der Waals surface area contributed by atoms with Gasteiger partial charge in [-0.1, -0.05) is 22.9 Å². The molecule has 110 valence electrons. The molecule has 1 N–H and O–H groups in total. The highest BCUT2D eigenvalue weighted by Gasteiger charge is 2.35. The van der Waals surface area contributed by atoms with Crippen LogP contribution in [0.2, 0.25) is 5.02 Å². The number of carbonyl (C=O) groups excluding carboxylic acids is 1. The molecule has 5 nitrogen and oxygen atoms in total. The van der Waals surface area contributed by atoms with Gasteiger partial charge in [-0.3, -0.25) is 9.69 Å². The summed E-state index contributed by atoms with van der Waals surface area (Å²) in [6, 6.07) is 6.26. The second-order valence-corrected chi connectivity index (χ2v) is 6.93. The summed E-state index contributed by atoms with van der Waals surface area (Å²) in [5.41, 5.74) is 1.00. The number of rotatable bonds is 2. The number of fused-ring (bicyclic) bond motifs is 1. The molecular weight excluding hydrogens is 308 g/mol. The lowest BCUT2D eigenvalue weighted by Gasteiger charge is -2.46. The second kappa shape index (κ2) is 5.12. The van der Waals surface area contributed by atoms with Gasteiger partial charge in [0.25, 0.3) is 0 Å². The lowest BCUT2D eigenvalue weighted by Crippen LogP contribution is -2.63. The molecule has 0 bridgehead atoms. The molecule has 0 radical (unpaired) electrons. The number of aromatic nitrogens is 1. The number of anilines is 1. The molecule has 1 aromatic heterocycles. The van der Waals surface area contributed by atoms with E-state index < -0.39 is 0 Å². The highest BCUT2D eigenvalue weighted by molar-refractivity contribution is 7.22. The number of nitrogens with one attached hydrogen (secondary N) is 1. The quantitative estimate of drug-likeness (QED) is 0.912. The van der Waals surface area contributed by atoms with Crippen LogP contribution in [0.5, 0.6) is 0 Å². The Bertz CT molecular complexity index is 697. The minimum atomic E-state index is 0.134. The third-order valence-electron chi connectivity index (χ3n) is 4.06. The fourth-order valence-corrected chi connectivity index (χ4v) is 4.09. The van der Waals surface area contributed by atoms with Crippen molar-refractivity contribution in [2.75, 3.05) is 37.6 Å². The molecule has 2 fully saturated rings. The Kier molecular flexibility index (Phi) is 3.24. The van der Waals surface area contributed by atoms with Crippen molar-refractivity contribution in [3.63, 3.8) is 0 Å². The molecule has 2 aliphatic rings. The minimum absolute atomic E-state index is 0.134. The fraction of sp³-hybridized carbons (Fsp3) is 0.429. The van der Waals surface area contributed by atoms with Gasteiger partial charge in [-0.05, 0) is 18.2 Å². The Morgan fingerprint density at radius 1 is 1.38 bits per heavy atom. The first kappa shape index (κ1) is 13.3. The number of benzene rings is 1. The summed E-state index contributed by atoms with van der Waals surface area (Å²) in [6.07, 6.45) is 0. The second-order valence-electron chi connectivity index (χ2n) is 5.49. The molecule has 3 heterocycles. The maximum atomic E-state index is 11.4. The van der Waals surface area contributed by atoms with Gasteiger partial charge in [0.2, 0.25) is 5.91 Å². The third kappa shape index (κ3) is 2.47. The minimum Gasteiger partial charge on any atom is -0.354 e. The van der Waals surface area contributed by atoms with E-state index >= 15 is 0 Å². The summed E-state index contributed by atoms with van der Waals surface area (Å²) >= 11 is 7.69. The highest BCUT2D eigenvalue weighted by atomic mass is 35.5. The molecule has 2 aliphatic heterocycles. The van der Waals surface area contributed by atoms with Crippen LogP contribution in [0.3, 0.4) is 0 Å². The van der Waals surface area contributed by atoms with Crippen LogP contribution in [-0.2, 0) is 4.79 Å². The Balaban J connectivity index is 1.45. The van der Waals surface area contributed by atoms with Crippen molar-refractivity contribution >= 4 is 44.2 Å². The maximum Gasteiger partial charge on any atom is 0.234 e. The average Bonchev–Trinajstić information content (AvgIpc) is 2.79. The van der Waals surface area contributed by atoms with Crippen LogP contribution in [-0.4, -0.2) is 54.6 Å². The molecule has 4 rings (SSSR count). The molecule has 0 atom stereocenters. The van der Waals surface area contributed by atoms with E-state index in [2.05, 4.69) is 20.1 Å². The van der Waals surface area contributed by atoms with E-state index in [1.54, 1.807) is 11.3 Å². The molecule has 0 unspecified atom stereocenters. The van der Waals surface area contributed by atoms with Gasteiger partial charge in [0.15, 0.2) is 5.13 Å². The zero-order chi connectivity index (χ0) is 14.4. The van der Waals surface area contributed by atoms with Crippen LogP contribution in [0.25, 0.3) is 10.2 Å². The lowest BCUT2D eigenvalue weighted by atomic mass is 10.1. The standard InChI is InChI=1S/C14H15ClN4OS/c15-9-1-2-11-12(5-9)21-14(17-11)19-6-10(7-19)18-4-3-16-13(20)8-18/h1-2,5,10H,3-4,6-8H2,(H,16,20). The summed E-state index contributed by atoms with van der Waals surface area (Å²) in [4.78, 5) is 20.6. The Hall–Kier alpha value is -1.37. The largest absolute Gasteiger partial charge is 0.354 e. The van der Waals surface area contributed by atoms with E-state index in [-0.39, 0.29) is 5.91 Å². The van der Waals surface area contributed by atoms with Gasteiger partial charge in [-0.15, -0.1) is 0 Å². The van der Waals surface area contributed by atoms with Crippen molar-refractivity contribution in [1.29, 1.82) is 0 Å². The predicted octanol–water partition coefficient (Wildman–Crippen LogP) is 1.57. The topological polar surface area (TPSA) is 48.5 Å². The summed E-state index contributed by atoms with van der Waals surface area (Å²) in [7, 11) is 0. The number of thiazole rings is 1. The van der Waals surface area contributed by atoms with Crippen molar-refractivity contribution in [2.24, 2.45) is 0 Å². The van der Waals surface area contributed by atoms with Crippen LogP contribution >= 0.6 is 22.9 Å². The lowest BCUT2D eigenvalue weighted by molar-refractivity contribution is -0.125. The van der Waals surface area contributed by atoms with E-state index in [1.165, 1.54) is 0 Å². The SMILES string of the molecule is O=C1CN(C2CN(c3nc4ccc(Cl)cc4s3)C2)CCN1. The molecule has 0 aliphatic carbocycles. The van der Waals surface area contributed by atoms with Gasteiger partial charge < -0.3 is 10.2 Å². The summed E-state index contributed by atoms with van der Waals surface area (Å²) in [5.74, 6) is 0.134. The van der Waals surface area contributed by atoms with Gasteiger partial charge in [0, 0.05) is 37.2 Å². The molecule has 0 spiro atoms. The number of nitrogens with zero attached hydrogens (tertiary/aromatic N) is 3. The van der Waals surface area contributed by atoms with Gasteiger partial charge in [-0.2, -0.15) is 0 Å². The summed E-state index contributed by atoms with van der Waals surface area (Å²) in [6.45, 7) is 4.12. The zero-order valence-electron chi connectivity index (χ0n) is 11.4. The number of carbonyl (C=O) groups is 1. The first-order chi connectivity index (χ1) is 10.2. The molecule has 1 amide bonds. The van der Waals surface area contributed by atoms with Crippen molar-refractivity contribution < 1.29 is 4.79 Å². The van der Waals surface area contributed by atoms with Gasteiger partial charge in [-0.25, -0.2) is 4.98 Å². The predicted molar refractivity (Wildman–Crippen MR) is 85.2 cm³/mol. The van der Waals surface area contributed by atoms with Gasteiger partial charge in [0.1, 0.15) is 0 Å². The zero-order valence-corrected chi connectivity index (χ0v) is 13.0. The maximum absolute atomic E-state index is 11.4. The summed E-state index contributed by atoms with van der Waals surface area (Å²) in [5, 5.41) is 4.66. The van der Waals surface area contributed by atoms with E-state index in [1.807, 2.05) is 18.2 Å². The van der Waals surface area contributed by atoms with Gasteiger partial charge >= 0.3 is 0 Å². The fourth-order valence-electron chi connectivity index (χ4n) is 2.83. The molecule has 2 aromatic rings. The number of amides is 1. The first-order valence-electron chi connectivity index (χ1n) is 7.01. The van der Waals surface area contributed by atoms with Gasteiger partial charge in [0.05, 0.1) is 16.8 Å².